The third-order valence-electron chi connectivity index (χ3n) is 3.31. The topological polar surface area (TPSA) is 84.0 Å². The molecule has 7 heteroatoms. The monoisotopic (exact) mass is 304 g/mol. The Labute approximate surface area is 127 Å². The number of amides is 4. The first kappa shape index (κ1) is 15.7. The number of nitrogens with zero attached hydrogens (tertiary/aromatic N) is 2. The van der Waals surface area contributed by atoms with Gasteiger partial charge in [0, 0.05) is 6.04 Å². The maximum atomic E-state index is 12.3. The van der Waals surface area contributed by atoms with E-state index in [1.54, 1.807) is 32.0 Å². The molecule has 0 aliphatic carbocycles. The summed E-state index contributed by atoms with van der Waals surface area (Å²) < 4.78 is 5.08. The van der Waals surface area contributed by atoms with E-state index in [4.69, 9.17) is 4.74 Å². The fourth-order valence-electron chi connectivity index (χ4n) is 2.22. The summed E-state index contributed by atoms with van der Waals surface area (Å²) in [7, 11) is 1.42. The van der Waals surface area contributed by atoms with Gasteiger partial charge in [-0.2, -0.15) is 0 Å². The van der Waals surface area contributed by atoms with Crippen molar-refractivity contribution in [3.8, 4) is 5.75 Å². The van der Waals surface area contributed by atoms with Crippen LogP contribution in [0.5, 0.6) is 5.75 Å². The zero-order valence-corrected chi connectivity index (χ0v) is 12.5. The van der Waals surface area contributed by atoms with Crippen LogP contribution < -0.4 is 4.74 Å². The number of imide groups is 2. The van der Waals surface area contributed by atoms with Crippen molar-refractivity contribution in [3.05, 3.63) is 29.8 Å². The van der Waals surface area contributed by atoms with Crippen molar-refractivity contribution in [2.24, 2.45) is 0 Å². The molecule has 1 fully saturated rings. The first-order chi connectivity index (χ1) is 10.4. The summed E-state index contributed by atoms with van der Waals surface area (Å²) in [6.07, 6.45) is 0. The molecular formula is C15H16N2O5. The summed E-state index contributed by atoms with van der Waals surface area (Å²) in [5, 5.41) is 0. The number of Topliss-reactive ketones (excluding diaryl/α,β-unsaturated/α-hetero) is 1. The van der Waals surface area contributed by atoms with E-state index in [0.29, 0.717) is 10.6 Å². The lowest BCUT2D eigenvalue weighted by molar-refractivity contribution is -0.143. The molecule has 22 heavy (non-hydrogen) atoms. The molecule has 0 saturated carbocycles. The largest absolute Gasteiger partial charge is 0.496 e. The predicted octanol–water partition coefficient (Wildman–Crippen LogP) is 1.08. The molecule has 0 radical (unpaired) electrons. The number of para-hydroxylation sites is 1. The molecule has 2 rings (SSSR count). The van der Waals surface area contributed by atoms with E-state index in [9.17, 15) is 19.2 Å². The number of ketones is 1. The molecule has 0 atom stereocenters. The first-order valence-electron chi connectivity index (χ1n) is 6.73. The molecule has 0 unspecified atom stereocenters. The van der Waals surface area contributed by atoms with Crippen LogP contribution in [0, 0.1) is 0 Å². The number of urea groups is 1. The van der Waals surface area contributed by atoms with Gasteiger partial charge in [-0.3, -0.25) is 19.3 Å². The molecule has 1 aliphatic rings. The Morgan fingerprint density at radius 3 is 2.32 bits per heavy atom. The molecule has 0 N–H and O–H groups in total. The van der Waals surface area contributed by atoms with Crippen molar-refractivity contribution in [2.45, 2.75) is 19.9 Å². The van der Waals surface area contributed by atoms with Crippen molar-refractivity contribution in [1.29, 1.82) is 0 Å². The smallest absolute Gasteiger partial charge is 0.334 e. The molecule has 4 amide bonds. The summed E-state index contributed by atoms with van der Waals surface area (Å²) >= 11 is 0. The molecule has 1 heterocycles. The van der Waals surface area contributed by atoms with Gasteiger partial charge in [0.15, 0.2) is 5.78 Å². The van der Waals surface area contributed by atoms with Crippen LogP contribution in [0.2, 0.25) is 0 Å². The summed E-state index contributed by atoms with van der Waals surface area (Å²) in [4.78, 5) is 49.6. The number of ether oxygens (including phenoxy) is 1. The Balaban J connectivity index is 2.24. The van der Waals surface area contributed by atoms with E-state index >= 15 is 0 Å². The number of benzene rings is 1. The average molecular weight is 304 g/mol. The van der Waals surface area contributed by atoms with Crippen LogP contribution in [0.3, 0.4) is 0 Å². The molecule has 1 saturated heterocycles. The van der Waals surface area contributed by atoms with Gasteiger partial charge in [0.2, 0.25) is 0 Å². The van der Waals surface area contributed by atoms with E-state index in [2.05, 4.69) is 0 Å². The third kappa shape index (κ3) is 2.57. The van der Waals surface area contributed by atoms with Crippen molar-refractivity contribution in [3.63, 3.8) is 0 Å². The SMILES string of the molecule is COc1ccccc1C(=O)CN1C(=O)C(=O)N(C(C)C)C1=O. The zero-order chi connectivity index (χ0) is 16.4. The fraction of sp³-hybridized carbons (Fsp3) is 0.333. The average Bonchev–Trinajstić information content (AvgIpc) is 2.70. The van der Waals surface area contributed by atoms with Gasteiger partial charge in [0.1, 0.15) is 5.75 Å². The molecular weight excluding hydrogens is 288 g/mol. The quantitative estimate of drug-likeness (QED) is 0.462. The van der Waals surface area contributed by atoms with Crippen molar-refractivity contribution in [2.75, 3.05) is 13.7 Å². The van der Waals surface area contributed by atoms with Crippen molar-refractivity contribution >= 4 is 23.6 Å². The van der Waals surface area contributed by atoms with Gasteiger partial charge in [-0.25, -0.2) is 9.69 Å². The van der Waals surface area contributed by atoms with Crippen LogP contribution in [0.25, 0.3) is 0 Å². The lowest BCUT2D eigenvalue weighted by Gasteiger charge is -2.18. The highest BCUT2D eigenvalue weighted by molar-refractivity contribution is 6.45. The Kier molecular flexibility index (Phi) is 4.25. The second-order valence-corrected chi connectivity index (χ2v) is 5.07. The van der Waals surface area contributed by atoms with E-state index < -0.39 is 36.2 Å². The van der Waals surface area contributed by atoms with Crippen molar-refractivity contribution in [1.82, 2.24) is 9.80 Å². The van der Waals surface area contributed by atoms with E-state index in [0.717, 1.165) is 4.90 Å². The minimum absolute atomic E-state index is 0.251. The maximum Gasteiger partial charge on any atom is 0.334 e. The molecule has 7 nitrogen and oxygen atoms in total. The summed E-state index contributed by atoms with van der Waals surface area (Å²) in [6, 6.07) is 5.27. The molecule has 1 aromatic carbocycles. The third-order valence-corrected chi connectivity index (χ3v) is 3.31. The Morgan fingerprint density at radius 2 is 1.77 bits per heavy atom. The number of carbonyl (C=O) groups is 4. The van der Waals surface area contributed by atoms with Gasteiger partial charge in [-0.1, -0.05) is 12.1 Å². The highest BCUT2D eigenvalue weighted by Gasteiger charge is 2.46. The van der Waals surface area contributed by atoms with Gasteiger partial charge in [0.25, 0.3) is 0 Å². The maximum absolute atomic E-state index is 12.3. The zero-order valence-electron chi connectivity index (χ0n) is 12.5. The summed E-state index contributed by atoms with van der Waals surface area (Å²) in [6.45, 7) is 2.75. The van der Waals surface area contributed by atoms with Crippen LogP contribution >= 0.6 is 0 Å². The lowest BCUT2D eigenvalue weighted by atomic mass is 10.1. The van der Waals surface area contributed by atoms with E-state index in [1.165, 1.54) is 13.2 Å². The molecule has 0 aromatic heterocycles. The normalized spacial score (nSPS) is 15.0. The molecule has 0 spiro atoms. The number of hydrogen-bond acceptors (Lipinski definition) is 5. The standard InChI is InChI=1S/C15H16N2O5/c1-9(2)17-14(20)13(19)16(15(17)21)8-11(18)10-6-4-5-7-12(10)22-3/h4-7,9H,8H2,1-3H3. The number of rotatable bonds is 5. The van der Waals surface area contributed by atoms with E-state index in [1.807, 2.05) is 0 Å². The number of carbonyl (C=O) groups excluding carboxylic acids is 4. The van der Waals surface area contributed by atoms with Crippen LogP contribution in [0.4, 0.5) is 4.79 Å². The summed E-state index contributed by atoms with van der Waals surface area (Å²) in [5.74, 6) is -2.02. The minimum atomic E-state index is -0.984. The van der Waals surface area contributed by atoms with Gasteiger partial charge in [-0.15, -0.1) is 0 Å². The molecule has 0 bridgehead atoms. The van der Waals surface area contributed by atoms with Crippen LogP contribution in [-0.2, 0) is 9.59 Å². The highest BCUT2D eigenvalue weighted by Crippen LogP contribution is 2.20. The van der Waals surface area contributed by atoms with Gasteiger partial charge < -0.3 is 4.74 Å². The van der Waals surface area contributed by atoms with Gasteiger partial charge >= 0.3 is 17.8 Å². The fourth-order valence-corrected chi connectivity index (χ4v) is 2.22. The van der Waals surface area contributed by atoms with Crippen LogP contribution in [0.15, 0.2) is 24.3 Å². The Hall–Kier alpha value is -2.70. The second kappa shape index (κ2) is 5.97. The Morgan fingerprint density at radius 1 is 1.14 bits per heavy atom. The van der Waals surface area contributed by atoms with Gasteiger partial charge in [0.05, 0.1) is 19.2 Å². The number of hydrogen-bond donors (Lipinski definition) is 0. The predicted molar refractivity (Wildman–Crippen MR) is 76.4 cm³/mol. The van der Waals surface area contributed by atoms with Crippen molar-refractivity contribution < 1.29 is 23.9 Å². The minimum Gasteiger partial charge on any atom is -0.496 e. The van der Waals surface area contributed by atoms with E-state index in [-0.39, 0.29) is 5.56 Å². The Bertz CT molecular complexity index is 653. The lowest BCUT2D eigenvalue weighted by Crippen LogP contribution is -2.39. The molecule has 1 aliphatic heterocycles. The first-order valence-corrected chi connectivity index (χ1v) is 6.73. The molecule has 1 aromatic rings. The van der Waals surface area contributed by atoms with Gasteiger partial charge in [-0.05, 0) is 26.0 Å². The summed E-state index contributed by atoms with van der Waals surface area (Å²) in [5.41, 5.74) is 0.251. The molecule has 116 valence electrons. The highest BCUT2D eigenvalue weighted by atomic mass is 16.5. The van der Waals surface area contributed by atoms with Crippen LogP contribution in [0.1, 0.15) is 24.2 Å². The van der Waals surface area contributed by atoms with Crippen LogP contribution in [-0.4, -0.2) is 53.1 Å². The second-order valence-electron chi connectivity index (χ2n) is 5.07. The number of methoxy groups -OCH3 is 1.